The molecule has 0 saturated heterocycles. The van der Waals surface area contributed by atoms with Crippen molar-refractivity contribution in [2.24, 2.45) is 0 Å². The largest absolute Gasteiger partial charge is 0.496 e. The summed E-state index contributed by atoms with van der Waals surface area (Å²) >= 11 is 1.52. The van der Waals surface area contributed by atoms with Crippen LogP contribution < -0.4 is 15.4 Å². The number of carbonyl (C=O) groups is 1. The van der Waals surface area contributed by atoms with Crippen LogP contribution in [0.4, 0.5) is 10.8 Å². The van der Waals surface area contributed by atoms with E-state index in [-0.39, 0.29) is 5.91 Å². The number of hydrogen-bond acceptors (Lipinski definition) is 7. The molecule has 1 amide bonds. The van der Waals surface area contributed by atoms with E-state index in [1.807, 2.05) is 31.2 Å². The Labute approximate surface area is 213 Å². The summed E-state index contributed by atoms with van der Waals surface area (Å²) in [4.78, 5) is 23.6. The van der Waals surface area contributed by atoms with E-state index in [0.29, 0.717) is 39.2 Å². The molecular weight excluding hydrogens is 470 g/mol. The van der Waals surface area contributed by atoms with Crippen LogP contribution in [0.2, 0.25) is 0 Å². The van der Waals surface area contributed by atoms with Crippen LogP contribution in [-0.4, -0.2) is 29.0 Å². The maximum atomic E-state index is 13.4. The fourth-order valence-corrected chi connectivity index (χ4v) is 5.52. The van der Waals surface area contributed by atoms with Gasteiger partial charge in [0.25, 0.3) is 5.91 Å². The van der Waals surface area contributed by atoms with Crippen molar-refractivity contribution in [3.8, 4) is 22.9 Å². The number of aryl methyl sites for hydroxylation is 2. The van der Waals surface area contributed by atoms with E-state index in [4.69, 9.17) is 9.72 Å². The van der Waals surface area contributed by atoms with Gasteiger partial charge in [0.05, 0.1) is 30.0 Å². The van der Waals surface area contributed by atoms with Gasteiger partial charge in [-0.1, -0.05) is 18.2 Å². The molecule has 36 heavy (non-hydrogen) atoms. The second-order valence-corrected chi connectivity index (χ2v) is 9.77. The molecule has 1 atom stereocenters. The maximum Gasteiger partial charge on any atom is 0.259 e. The number of rotatable bonds is 6. The van der Waals surface area contributed by atoms with E-state index in [9.17, 15) is 10.1 Å². The quantitative estimate of drug-likeness (QED) is 0.360. The highest BCUT2D eigenvalue weighted by Gasteiger charge is 2.24. The lowest BCUT2D eigenvalue weighted by Crippen LogP contribution is -2.26. The van der Waals surface area contributed by atoms with Crippen molar-refractivity contribution >= 4 is 28.1 Å². The molecule has 2 heterocycles. The summed E-state index contributed by atoms with van der Waals surface area (Å²) in [6.07, 6.45) is 4.28. The highest BCUT2D eigenvalue weighted by atomic mass is 32.1. The molecule has 1 aliphatic carbocycles. The van der Waals surface area contributed by atoms with Crippen molar-refractivity contribution in [2.45, 2.75) is 32.2 Å². The Kier molecular flexibility index (Phi) is 6.65. The number of ether oxygens (including phenoxy) is 1. The number of fused-ring (bicyclic) bond motifs is 1. The van der Waals surface area contributed by atoms with Gasteiger partial charge in [-0.05, 0) is 56.2 Å². The third kappa shape index (κ3) is 4.92. The first kappa shape index (κ1) is 23.5. The van der Waals surface area contributed by atoms with E-state index in [1.165, 1.54) is 16.2 Å². The Bertz CT molecular complexity index is 1460. The number of carbonyl (C=O) groups excluding carboxylic acids is 1. The van der Waals surface area contributed by atoms with Crippen LogP contribution in [-0.2, 0) is 12.8 Å². The molecule has 0 aliphatic heterocycles. The number of para-hydroxylation sites is 1. The molecule has 0 saturated carbocycles. The number of methoxy groups -OCH3 is 1. The van der Waals surface area contributed by atoms with E-state index in [1.54, 1.807) is 31.5 Å². The number of benzene rings is 2. The second-order valence-electron chi connectivity index (χ2n) is 8.69. The first-order valence-electron chi connectivity index (χ1n) is 11.7. The lowest BCUT2D eigenvalue weighted by Gasteiger charge is -2.23. The Balaban J connectivity index is 1.38. The summed E-state index contributed by atoms with van der Waals surface area (Å²) in [6, 6.07) is 19.7. The summed E-state index contributed by atoms with van der Waals surface area (Å²) in [6.45, 7) is 1.86. The van der Waals surface area contributed by atoms with E-state index < -0.39 is 0 Å². The van der Waals surface area contributed by atoms with Gasteiger partial charge in [0.2, 0.25) is 0 Å². The Morgan fingerprint density at radius 2 is 2.00 bits per heavy atom. The highest BCUT2D eigenvalue weighted by molar-refractivity contribution is 7.15. The molecule has 0 unspecified atom stereocenters. The van der Waals surface area contributed by atoms with Gasteiger partial charge in [0, 0.05) is 46.0 Å². The SMILES string of the molecule is COc1ccc(C#N)cc1-c1cc(C)ncc1C(=O)Nc1nc2c(s1)C[C@H](Nc1ccccc1)CC2. The molecule has 2 aromatic carbocycles. The van der Waals surface area contributed by atoms with Gasteiger partial charge in [-0.15, -0.1) is 11.3 Å². The highest BCUT2D eigenvalue weighted by Crippen LogP contribution is 2.35. The number of aromatic nitrogens is 2. The van der Waals surface area contributed by atoms with Crippen molar-refractivity contribution in [3.63, 3.8) is 0 Å². The van der Waals surface area contributed by atoms with Crippen molar-refractivity contribution in [3.05, 3.63) is 88.2 Å². The molecular formula is C28H25N5O2S. The van der Waals surface area contributed by atoms with Gasteiger partial charge in [-0.3, -0.25) is 15.1 Å². The van der Waals surface area contributed by atoms with Crippen LogP contribution in [0.1, 0.15) is 38.6 Å². The summed E-state index contributed by atoms with van der Waals surface area (Å²) in [5.74, 6) is 0.280. The summed E-state index contributed by atoms with van der Waals surface area (Å²) in [5.41, 5.74) is 5.12. The lowest BCUT2D eigenvalue weighted by molar-refractivity contribution is 0.102. The maximum absolute atomic E-state index is 13.4. The van der Waals surface area contributed by atoms with Crippen LogP contribution in [0, 0.1) is 18.3 Å². The fraction of sp³-hybridized carbons (Fsp3) is 0.214. The van der Waals surface area contributed by atoms with Gasteiger partial charge in [0.15, 0.2) is 5.13 Å². The molecule has 2 aromatic heterocycles. The minimum Gasteiger partial charge on any atom is -0.496 e. The summed E-state index contributed by atoms with van der Waals surface area (Å²) in [7, 11) is 1.57. The molecule has 0 radical (unpaired) electrons. The summed E-state index contributed by atoms with van der Waals surface area (Å²) in [5, 5.41) is 16.5. The van der Waals surface area contributed by atoms with Gasteiger partial charge < -0.3 is 10.1 Å². The zero-order chi connectivity index (χ0) is 25.1. The van der Waals surface area contributed by atoms with Gasteiger partial charge >= 0.3 is 0 Å². The predicted octanol–water partition coefficient (Wildman–Crippen LogP) is 5.62. The smallest absolute Gasteiger partial charge is 0.259 e. The van der Waals surface area contributed by atoms with Crippen LogP contribution in [0.3, 0.4) is 0 Å². The number of anilines is 2. The monoisotopic (exact) mass is 495 g/mol. The predicted molar refractivity (Wildman–Crippen MR) is 142 cm³/mol. The molecule has 0 fully saturated rings. The van der Waals surface area contributed by atoms with Crippen LogP contribution >= 0.6 is 11.3 Å². The fourth-order valence-electron chi connectivity index (χ4n) is 4.44. The molecule has 7 nitrogen and oxygen atoms in total. The first-order chi connectivity index (χ1) is 17.5. The Morgan fingerprint density at radius 1 is 1.17 bits per heavy atom. The third-order valence-electron chi connectivity index (χ3n) is 6.21. The minimum atomic E-state index is -0.299. The Morgan fingerprint density at radius 3 is 2.78 bits per heavy atom. The molecule has 0 bridgehead atoms. The average molecular weight is 496 g/mol. The van der Waals surface area contributed by atoms with Crippen LogP contribution in [0.5, 0.6) is 5.75 Å². The van der Waals surface area contributed by atoms with Crippen molar-refractivity contribution in [2.75, 3.05) is 17.7 Å². The molecule has 8 heteroatoms. The zero-order valence-corrected chi connectivity index (χ0v) is 20.9. The number of thiazole rings is 1. The standard InChI is InChI=1S/C28H25N5O2S/c1-17-12-21(22-13-18(15-29)8-11-25(22)35-2)23(16-30-17)27(34)33-28-32-24-10-9-20(14-26(24)36-28)31-19-6-4-3-5-7-19/h3-8,11-13,16,20,31H,9-10,14H2,1-2H3,(H,32,33,34)/t20-/m1/s1. The number of amides is 1. The number of nitriles is 1. The zero-order valence-electron chi connectivity index (χ0n) is 20.0. The van der Waals surface area contributed by atoms with Gasteiger partial charge in [-0.2, -0.15) is 5.26 Å². The summed E-state index contributed by atoms with van der Waals surface area (Å²) < 4.78 is 5.52. The first-order valence-corrected chi connectivity index (χ1v) is 12.5. The van der Waals surface area contributed by atoms with Crippen molar-refractivity contribution in [1.29, 1.82) is 5.26 Å². The Hall–Kier alpha value is -4.22. The van der Waals surface area contributed by atoms with Crippen molar-refractivity contribution < 1.29 is 9.53 Å². The van der Waals surface area contributed by atoms with Gasteiger partial charge in [0.1, 0.15) is 5.75 Å². The molecule has 1 aliphatic rings. The molecule has 180 valence electrons. The number of hydrogen-bond donors (Lipinski definition) is 2. The molecule has 5 rings (SSSR count). The topological polar surface area (TPSA) is 99.9 Å². The average Bonchev–Trinajstić information content (AvgIpc) is 3.30. The van der Waals surface area contributed by atoms with E-state index >= 15 is 0 Å². The number of pyridine rings is 1. The van der Waals surface area contributed by atoms with Crippen LogP contribution in [0.15, 0.2) is 60.8 Å². The van der Waals surface area contributed by atoms with Crippen molar-refractivity contribution in [1.82, 2.24) is 9.97 Å². The minimum absolute atomic E-state index is 0.299. The van der Waals surface area contributed by atoms with Crippen LogP contribution in [0.25, 0.3) is 11.1 Å². The van der Waals surface area contributed by atoms with Gasteiger partial charge in [-0.25, -0.2) is 4.98 Å². The molecule has 0 spiro atoms. The second kappa shape index (κ2) is 10.2. The molecule has 2 N–H and O–H groups in total. The van der Waals surface area contributed by atoms with E-state index in [0.717, 1.165) is 36.3 Å². The third-order valence-corrected chi connectivity index (χ3v) is 7.24. The number of nitrogens with one attached hydrogen (secondary N) is 2. The molecule has 4 aromatic rings. The normalized spacial score (nSPS) is 14.4. The van der Waals surface area contributed by atoms with E-state index in [2.05, 4.69) is 33.8 Å². The number of nitrogens with zero attached hydrogens (tertiary/aromatic N) is 3. The lowest BCUT2D eigenvalue weighted by atomic mass is 9.97.